The maximum atomic E-state index is 11.3. The molecule has 0 aliphatic rings. The van der Waals surface area contributed by atoms with E-state index >= 15 is 0 Å². The van der Waals surface area contributed by atoms with E-state index in [1.54, 1.807) is 13.8 Å². The molecule has 0 radical (unpaired) electrons. The van der Waals surface area contributed by atoms with Gasteiger partial charge < -0.3 is 5.11 Å². The standard InChI is InChI=1S/C9H13N3O4/c1-9(2,14)3-4-11-6-7(12(15)16)5-10-8(11)13/h5-6,14H,3-4H2,1-2H3. The van der Waals surface area contributed by atoms with Crippen molar-refractivity contribution < 1.29 is 10.0 Å². The van der Waals surface area contributed by atoms with Crippen LogP contribution < -0.4 is 5.69 Å². The highest BCUT2D eigenvalue weighted by atomic mass is 16.6. The normalized spacial score (nSPS) is 11.4. The zero-order valence-corrected chi connectivity index (χ0v) is 9.08. The molecule has 7 heteroatoms. The van der Waals surface area contributed by atoms with E-state index < -0.39 is 16.2 Å². The van der Waals surface area contributed by atoms with Crippen LogP contribution in [0.15, 0.2) is 17.2 Å². The fraction of sp³-hybridized carbons (Fsp3) is 0.556. The summed E-state index contributed by atoms with van der Waals surface area (Å²) in [6, 6.07) is 0. The average molecular weight is 227 g/mol. The smallest absolute Gasteiger partial charge is 0.347 e. The summed E-state index contributed by atoms with van der Waals surface area (Å²) in [5.41, 5.74) is -1.73. The van der Waals surface area contributed by atoms with Gasteiger partial charge in [-0.15, -0.1) is 0 Å². The van der Waals surface area contributed by atoms with Crippen molar-refractivity contribution in [2.75, 3.05) is 0 Å². The first-order valence-electron chi connectivity index (χ1n) is 4.73. The van der Waals surface area contributed by atoms with Gasteiger partial charge in [0.15, 0.2) is 0 Å². The van der Waals surface area contributed by atoms with Gasteiger partial charge in [-0.2, -0.15) is 4.98 Å². The van der Waals surface area contributed by atoms with Crippen LogP contribution in [0.25, 0.3) is 0 Å². The number of nitro groups is 1. The lowest BCUT2D eigenvalue weighted by Crippen LogP contribution is -2.27. The Balaban J connectivity index is 2.91. The highest BCUT2D eigenvalue weighted by Crippen LogP contribution is 2.10. The summed E-state index contributed by atoms with van der Waals surface area (Å²) in [4.78, 5) is 24.5. The van der Waals surface area contributed by atoms with E-state index in [4.69, 9.17) is 0 Å². The Kier molecular flexibility index (Phi) is 3.38. The first-order chi connectivity index (χ1) is 7.29. The van der Waals surface area contributed by atoms with Gasteiger partial charge in [0.2, 0.25) is 0 Å². The Bertz CT molecular complexity index is 447. The van der Waals surface area contributed by atoms with E-state index in [-0.39, 0.29) is 12.2 Å². The Labute approximate surface area is 91.5 Å². The Morgan fingerprint density at radius 1 is 1.62 bits per heavy atom. The van der Waals surface area contributed by atoms with Crippen molar-refractivity contribution in [1.29, 1.82) is 0 Å². The van der Waals surface area contributed by atoms with Gasteiger partial charge in [0, 0.05) is 6.54 Å². The SMILES string of the molecule is CC(C)(O)CCn1cc([N+](=O)[O-])cnc1=O. The van der Waals surface area contributed by atoms with Gasteiger partial charge in [-0.25, -0.2) is 4.79 Å². The molecule has 1 N–H and O–H groups in total. The minimum absolute atomic E-state index is 0.191. The van der Waals surface area contributed by atoms with E-state index in [1.807, 2.05) is 0 Å². The van der Waals surface area contributed by atoms with Crippen LogP contribution in [0.5, 0.6) is 0 Å². The highest BCUT2D eigenvalue weighted by molar-refractivity contribution is 5.20. The van der Waals surface area contributed by atoms with Crippen molar-refractivity contribution in [2.45, 2.75) is 32.4 Å². The van der Waals surface area contributed by atoms with Crippen LogP contribution in [0.4, 0.5) is 5.69 Å². The number of nitrogens with zero attached hydrogens (tertiary/aromatic N) is 3. The van der Waals surface area contributed by atoms with Gasteiger partial charge in [0.25, 0.3) is 0 Å². The molecule has 0 spiro atoms. The Hall–Kier alpha value is -1.76. The van der Waals surface area contributed by atoms with Gasteiger partial charge in [-0.05, 0) is 20.3 Å². The zero-order valence-electron chi connectivity index (χ0n) is 9.08. The van der Waals surface area contributed by atoms with Crippen LogP contribution in [-0.2, 0) is 6.54 Å². The zero-order chi connectivity index (χ0) is 12.3. The summed E-state index contributed by atoms with van der Waals surface area (Å²) < 4.78 is 1.12. The van der Waals surface area contributed by atoms with Crippen molar-refractivity contribution in [3.05, 3.63) is 33.0 Å². The highest BCUT2D eigenvalue weighted by Gasteiger charge is 2.14. The van der Waals surface area contributed by atoms with Crippen LogP contribution in [0.3, 0.4) is 0 Å². The Morgan fingerprint density at radius 2 is 2.25 bits per heavy atom. The number of aryl methyl sites for hydroxylation is 1. The van der Waals surface area contributed by atoms with Gasteiger partial charge in [0.05, 0.1) is 16.7 Å². The van der Waals surface area contributed by atoms with Crippen LogP contribution >= 0.6 is 0 Å². The lowest BCUT2D eigenvalue weighted by molar-refractivity contribution is -0.385. The molecule has 88 valence electrons. The second-order valence-corrected chi connectivity index (χ2v) is 4.11. The predicted molar refractivity (Wildman–Crippen MR) is 56.1 cm³/mol. The van der Waals surface area contributed by atoms with E-state index in [9.17, 15) is 20.0 Å². The molecule has 0 bridgehead atoms. The fourth-order valence-electron chi connectivity index (χ4n) is 1.09. The second kappa shape index (κ2) is 4.40. The monoisotopic (exact) mass is 227 g/mol. The van der Waals surface area contributed by atoms with Crippen molar-refractivity contribution in [1.82, 2.24) is 9.55 Å². The molecule has 1 heterocycles. The molecule has 0 unspecified atom stereocenters. The molecule has 0 aliphatic heterocycles. The number of rotatable bonds is 4. The quantitative estimate of drug-likeness (QED) is 0.589. The Morgan fingerprint density at radius 3 is 2.75 bits per heavy atom. The largest absolute Gasteiger partial charge is 0.390 e. The molecule has 0 saturated heterocycles. The number of hydrogen-bond donors (Lipinski definition) is 1. The van der Waals surface area contributed by atoms with Crippen LogP contribution in [0.1, 0.15) is 20.3 Å². The summed E-state index contributed by atoms with van der Waals surface area (Å²) in [6.45, 7) is 3.39. The van der Waals surface area contributed by atoms with E-state index in [2.05, 4.69) is 4.98 Å². The average Bonchev–Trinajstić information content (AvgIpc) is 2.14. The maximum Gasteiger partial charge on any atom is 0.347 e. The minimum Gasteiger partial charge on any atom is -0.390 e. The van der Waals surface area contributed by atoms with Gasteiger partial charge in [0.1, 0.15) is 6.20 Å². The minimum atomic E-state index is -0.927. The summed E-state index contributed by atoms with van der Waals surface area (Å²) in [6.07, 6.45) is 2.36. The third-order valence-electron chi connectivity index (χ3n) is 2.02. The van der Waals surface area contributed by atoms with Crippen molar-refractivity contribution in [2.24, 2.45) is 0 Å². The molecule has 16 heavy (non-hydrogen) atoms. The van der Waals surface area contributed by atoms with Gasteiger partial charge in [-0.1, -0.05) is 0 Å². The third-order valence-corrected chi connectivity index (χ3v) is 2.02. The summed E-state index contributed by atoms with van der Waals surface area (Å²) in [7, 11) is 0. The molecule has 0 aliphatic carbocycles. The molecule has 0 aromatic carbocycles. The number of hydrogen-bond acceptors (Lipinski definition) is 5. The third kappa shape index (κ3) is 3.43. The molecule has 1 rings (SSSR count). The lowest BCUT2D eigenvalue weighted by Gasteiger charge is -2.16. The molecule has 0 saturated carbocycles. The summed E-state index contributed by atoms with van der Waals surface area (Å²) >= 11 is 0. The first kappa shape index (κ1) is 12.3. The van der Waals surface area contributed by atoms with Crippen LogP contribution in [0.2, 0.25) is 0 Å². The van der Waals surface area contributed by atoms with Gasteiger partial charge in [-0.3, -0.25) is 14.7 Å². The molecular formula is C9H13N3O4. The molecule has 1 aromatic rings. The maximum absolute atomic E-state index is 11.3. The van der Waals surface area contributed by atoms with Crippen molar-refractivity contribution >= 4 is 5.69 Å². The number of aliphatic hydroxyl groups is 1. The van der Waals surface area contributed by atoms with E-state index in [0.717, 1.165) is 17.0 Å². The second-order valence-electron chi connectivity index (χ2n) is 4.11. The topological polar surface area (TPSA) is 98.3 Å². The molecule has 7 nitrogen and oxygen atoms in total. The summed E-state index contributed by atoms with van der Waals surface area (Å²) in [5, 5.41) is 19.9. The molecule has 0 fully saturated rings. The van der Waals surface area contributed by atoms with Crippen molar-refractivity contribution in [3.63, 3.8) is 0 Å². The predicted octanol–water partition coefficient (Wildman–Crippen LogP) is 0.312. The van der Waals surface area contributed by atoms with E-state index in [1.165, 1.54) is 0 Å². The number of aromatic nitrogens is 2. The first-order valence-corrected chi connectivity index (χ1v) is 4.73. The molecule has 0 atom stereocenters. The lowest BCUT2D eigenvalue weighted by atomic mass is 10.1. The van der Waals surface area contributed by atoms with Crippen LogP contribution in [-0.4, -0.2) is 25.2 Å². The fourth-order valence-corrected chi connectivity index (χ4v) is 1.09. The summed E-state index contributed by atoms with van der Waals surface area (Å²) in [5.74, 6) is 0. The van der Waals surface area contributed by atoms with E-state index in [0.29, 0.717) is 6.42 Å². The molecule has 0 amide bonds. The molecule has 1 aromatic heterocycles. The molecular weight excluding hydrogens is 214 g/mol. The van der Waals surface area contributed by atoms with Crippen molar-refractivity contribution in [3.8, 4) is 0 Å². The van der Waals surface area contributed by atoms with Gasteiger partial charge >= 0.3 is 11.4 Å². The van der Waals surface area contributed by atoms with Crippen LogP contribution in [0, 0.1) is 10.1 Å².